The Bertz CT molecular complexity index is 414. The zero-order valence-electron chi connectivity index (χ0n) is 10.5. The van der Waals surface area contributed by atoms with Crippen LogP contribution in [-0.4, -0.2) is 24.9 Å². The smallest absolute Gasteiger partial charge is 0.376 e. The van der Waals surface area contributed by atoms with Crippen LogP contribution in [0.3, 0.4) is 0 Å². The minimum Gasteiger partial charge on any atom is -0.497 e. The van der Waals surface area contributed by atoms with Crippen LogP contribution in [0.5, 0.6) is 5.75 Å². The van der Waals surface area contributed by atoms with Gasteiger partial charge in [0.25, 0.3) is 5.78 Å². The van der Waals surface area contributed by atoms with E-state index in [4.69, 9.17) is 15.2 Å². The van der Waals surface area contributed by atoms with Gasteiger partial charge in [0.15, 0.2) is 0 Å². The fourth-order valence-corrected chi connectivity index (χ4v) is 1.28. The lowest BCUT2D eigenvalue weighted by Gasteiger charge is -2.08. The predicted molar refractivity (Wildman–Crippen MR) is 66.1 cm³/mol. The van der Waals surface area contributed by atoms with E-state index in [2.05, 4.69) is 0 Å². The Morgan fingerprint density at radius 2 is 1.89 bits per heavy atom. The number of carbonyl (C=O) groups is 2. The van der Waals surface area contributed by atoms with Gasteiger partial charge in [-0.25, -0.2) is 4.79 Å². The quantitative estimate of drug-likeness (QED) is 0.603. The fourth-order valence-electron chi connectivity index (χ4n) is 1.28. The van der Waals surface area contributed by atoms with Crippen LogP contribution in [0.2, 0.25) is 0 Å². The molecule has 0 radical (unpaired) electrons. The molecule has 5 heteroatoms. The third-order valence-electron chi connectivity index (χ3n) is 2.51. The number of nitrogens with two attached hydrogens (primary N) is 1. The fraction of sp³-hybridized carbons (Fsp3) is 0.385. The molecule has 0 bridgehead atoms. The number of Topliss-reactive ketones (excluding diaryl/α,β-unsaturated/α-hetero) is 1. The zero-order chi connectivity index (χ0) is 13.5. The minimum absolute atomic E-state index is 0.0466. The second-order valence-electron chi connectivity index (χ2n) is 3.80. The highest BCUT2D eigenvalue weighted by molar-refractivity contribution is 6.35. The molecule has 0 saturated carbocycles. The lowest BCUT2D eigenvalue weighted by Crippen LogP contribution is -2.36. The summed E-state index contributed by atoms with van der Waals surface area (Å²) in [4.78, 5) is 22.7. The monoisotopic (exact) mass is 251 g/mol. The van der Waals surface area contributed by atoms with E-state index in [0.717, 1.165) is 5.56 Å². The van der Waals surface area contributed by atoms with Crippen molar-refractivity contribution in [3.8, 4) is 5.75 Å². The molecule has 0 aliphatic rings. The van der Waals surface area contributed by atoms with Crippen molar-refractivity contribution in [3.05, 3.63) is 29.8 Å². The van der Waals surface area contributed by atoms with Gasteiger partial charge in [-0.15, -0.1) is 0 Å². The lowest BCUT2D eigenvalue weighted by atomic mass is 10.1. The number of ether oxygens (including phenoxy) is 2. The normalized spacial score (nSPS) is 11.7. The molecule has 0 amide bonds. The van der Waals surface area contributed by atoms with Crippen molar-refractivity contribution < 1.29 is 19.1 Å². The van der Waals surface area contributed by atoms with Crippen LogP contribution in [0.4, 0.5) is 0 Å². The molecule has 1 unspecified atom stereocenters. The third kappa shape index (κ3) is 3.85. The van der Waals surface area contributed by atoms with E-state index in [0.29, 0.717) is 12.2 Å². The average molecular weight is 251 g/mol. The van der Waals surface area contributed by atoms with Crippen LogP contribution >= 0.6 is 0 Å². The van der Waals surface area contributed by atoms with Gasteiger partial charge in [0, 0.05) is 0 Å². The van der Waals surface area contributed by atoms with Crippen molar-refractivity contribution in [1.82, 2.24) is 0 Å². The van der Waals surface area contributed by atoms with Gasteiger partial charge in [-0.1, -0.05) is 19.1 Å². The van der Waals surface area contributed by atoms with Crippen LogP contribution in [0.1, 0.15) is 18.9 Å². The Hall–Kier alpha value is -1.88. The largest absolute Gasteiger partial charge is 0.497 e. The number of carbonyl (C=O) groups excluding carboxylic acids is 2. The summed E-state index contributed by atoms with van der Waals surface area (Å²) in [5.74, 6) is -0.861. The molecule has 1 aromatic rings. The summed E-state index contributed by atoms with van der Waals surface area (Å²) >= 11 is 0. The van der Waals surface area contributed by atoms with Crippen molar-refractivity contribution in [3.63, 3.8) is 0 Å². The molecule has 0 aliphatic heterocycles. The van der Waals surface area contributed by atoms with E-state index in [-0.39, 0.29) is 6.61 Å². The molecule has 1 atom stereocenters. The molecule has 2 N–H and O–H groups in total. The van der Waals surface area contributed by atoms with Crippen LogP contribution in [0, 0.1) is 0 Å². The van der Waals surface area contributed by atoms with Crippen LogP contribution in [0.15, 0.2) is 24.3 Å². The number of benzene rings is 1. The molecular formula is C13H17NO4. The SMILES string of the molecule is CCC(N)C(=O)C(=O)OCc1ccc(OC)cc1. The maximum Gasteiger partial charge on any atom is 0.376 e. The Balaban J connectivity index is 2.49. The van der Waals surface area contributed by atoms with E-state index in [1.165, 1.54) is 0 Å². The second-order valence-corrected chi connectivity index (χ2v) is 3.80. The molecule has 98 valence electrons. The van der Waals surface area contributed by atoms with Gasteiger partial charge < -0.3 is 15.2 Å². The number of hydrogen-bond donors (Lipinski definition) is 1. The van der Waals surface area contributed by atoms with Crippen LogP contribution in [0.25, 0.3) is 0 Å². The Morgan fingerprint density at radius 3 is 2.39 bits per heavy atom. The molecule has 5 nitrogen and oxygen atoms in total. The van der Waals surface area contributed by atoms with Crippen LogP contribution in [-0.2, 0) is 20.9 Å². The highest BCUT2D eigenvalue weighted by Gasteiger charge is 2.21. The number of ketones is 1. The highest BCUT2D eigenvalue weighted by Crippen LogP contribution is 2.12. The molecule has 0 aromatic heterocycles. The first-order chi connectivity index (χ1) is 8.58. The van der Waals surface area contributed by atoms with Gasteiger partial charge in [-0.2, -0.15) is 0 Å². The molecule has 0 fully saturated rings. The molecule has 0 saturated heterocycles. The number of esters is 1. The number of hydrogen-bond acceptors (Lipinski definition) is 5. The molecule has 18 heavy (non-hydrogen) atoms. The lowest BCUT2D eigenvalue weighted by molar-refractivity contribution is -0.155. The standard InChI is InChI=1S/C13H17NO4/c1-3-11(14)12(15)13(16)18-8-9-4-6-10(17-2)7-5-9/h4-7,11H,3,8,14H2,1-2H3. The summed E-state index contributed by atoms with van der Waals surface area (Å²) in [5, 5.41) is 0. The summed E-state index contributed by atoms with van der Waals surface area (Å²) in [7, 11) is 1.57. The van der Waals surface area contributed by atoms with Crippen molar-refractivity contribution in [2.45, 2.75) is 26.0 Å². The summed E-state index contributed by atoms with van der Waals surface area (Å²) < 4.78 is 9.88. The molecule has 0 heterocycles. The van der Waals surface area contributed by atoms with Gasteiger partial charge in [0.2, 0.25) is 0 Å². The first-order valence-corrected chi connectivity index (χ1v) is 5.68. The number of rotatable bonds is 6. The average Bonchev–Trinajstić information content (AvgIpc) is 2.43. The zero-order valence-corrected chi connectivity index (χ0v) is 10.5. The Labute approximate surface area is 106 Å². The van der Waals surface area contributed by atoms with Crippen molar-refractivity contribution in [1.29, 1.82) is 0 Å². The molecule has 1 rings (SSSR count). The maximum absolute atomic E-state index is 11.4. The molecule has 0 aliphatic carbocycles. The summed E-state index contributed by atoms with van der Waals surface area (Å²) in [5.41, 5.74) is 6.24. The topological polar surface area (TPSA) is 78.6 Å². The van der Waals surface area contributed by atoms with Crippen molar-refractivity contribution in [2.24, 2.45) is 5.73 Å². The van der Waals surface area contributed by atoms with Crippen molar-refractivity contribution >= 4 is 11.8 Å². The van der Waals surface area contributed by atoms with E-state index < -0.39 is 17.8 Å². The predicted octanol–water partition coefficient (Wildman–Crippen LogP) is 1.04. The van der Waals surface area contributed by atoms with E-state index >= 15 is 0 Å². The number of methoxy groups -OCH3 is 1. The Kier molecular flexibility index (Phi) is 5.32. The molecule has 1 aromatic carbocycles. The highest BCUT2D eigenvalue weighted by atomic mass is 16.5. The van der Waals surface area contributed by atoms with E-state index in [9.17, 15) is 9.59 Å². The third-order valence-corrected chi connectivity index (χ3v) is 2.51. The van der Waals surface area contributed by atoms with Gasteiger partial charge >= 0.3 is 5.97 Å². The maximum atomic E-state index is 11.4. The van der Waals surface area contributed by atoms with Gasteiger partial charge in [-0.05, 0) is 24.1 Å². The van der Waals surface area contributed by atoms with E-state index in [1.54, 1.807) is 38.3 Å². The van der Waals surface area contributed by atoms with E-state index in [1.807, 2.05) is 0 Å². The summed E-state index contributed by atoms with van der Waals surface area (Å²) in [6.45, 7) is 1.78. The first-order valence-electron chi connectivity index (χ1n) is 5.68. The Morgan fingerprint density at radius 1 is 1.28 bits per heavy atom. The summed E-state index contributed by atoms with van der Waals surface area (Å²) in [6, 6.07) is 6.24. The molecular weight excluding hydrogens is 234 g/mol. The molecule has 0 spiro atoms. The second kappa shape index (κ2) is 6.76. The van der Waals surface area contributed by atoms with Gasteiger partial charge in [-0.3, -0.25) is 4.79 Å². The summed E-state index contributed by atoms with van der Waals surface area (Å²) in [6.07, 6.45) is 0.413. The van der Waals surface area contributed by atoms with Gasteiger partial charge in [0.1, 0.15) is 12.4 Å². The first kappa shape index (κ1) is 14.2. The van der Waals surface area contributed by atoms with Gasteiger partial charge in [0.05, 0.1) is 13.2 Å². The minimum atomic E-state index is -0.889. The van der Waals surface area contributed by atoms with Crippen LogP contribution < -0.4 is 10.5 Å². The van der Waals surface area contributed by atoms with Crippen molar-refractivity contribution in [2.75, 3.05) is 7.11 Å².